The lowest BCUT2D eigenvalue weighted by Crippen LogP contribution is -2.13. The maximum Gasteiger partial charge on any atom is 0.255 e. The first-order valence-corrected chi connectivity index (χ1v) is 11.0. The summed E-state index contributed by atoms with van der Waals surface area (Å²) in [7, 11) is 0. The molecule has 0 saturated heterocycles. The zero-order valence-electron chi connectivity index (χ0n) is 15.5. The van der Waals surface area contributed by atoms with E-state index in [0.29, 0.717) is 38.7 Å². The van der Waals surface area contributed by atoms with Crippen molar-refractivity contribution in [2.24, 2.45) is 0 Å². The second-order valence-electron chi connectivity index (χ2n) is 6.08. The molecule has 0 aromatic heterocycles. The van der Waals surface area contributed by atoms with Gasteiger partial charge in [0.25, 0.3) is 5.91 Å². The monoisotopic (exact) mass is 465 g/mol. The van der Waals surface area contributed by atoms with Crippen LogP contribution in [0.4, 0.5) is 5.69 Å². The number of benzene rings is 3. The average molecular weight is 467 g/mol. The van der Waals surface area contributed by atoms with Crippen molar-refractivity contribution < 1.29 is 9.53 Å². The highest BCUT2D eigenvalue weighted by molar-refractivity contribution is 7.98. The Hall–Kier alpha value is -1.85. The van der Waals surface area contributed by atoms with E-state index in [-0.39, 0.29) is 5.91 Å². The zero-order chi connectivity index (χ0) is 20.8. The lowest BCUT2D eigenvalue weighted by molar-refractivity contribution is 0.102. The molecule has 7 heteroatoms. The number of hydrogen-bond donors (Lipinski definition) is 1. The van der Waals surface area contributed by atoms with Crippen molar-refractivity contribution in [3.05, 3.63) is 86.9 Å². The Kier molecular flexibility index (Phi) is 7.73. The highest BCUT2D eigenvalue weighted by Crippen LogP contribution is 2.31. The molecule has 3 rings (SSSR count). The summed E-state index contributed by atoms with van der Waals surface area (Å²) in [5.41, 5.74) is 1.96. The van der Waals surface area contributed by atoms with Gasteiger partial charge in [0.1, 0.15) is 5.75 Å². The molecular formula is C22H18Cl3NO2S. The Balaban J connectivity index is 1.79. The maximum absolute atomic E-state index is 12.7. The SMILES string of the molecule is CCOc1ccc(C(=O)Nc2ccc(Cl)cc2Cl)cc1CSc1ccc(Cl)cc1. The van der Waals surface area contributed by atoms with Crippen LogP contribution in [0.5, 0.6) is 5.75 Å². The van der Waals surface area contributed by atoms with Crippen molar-refractivity contribution in [1.82, 2.24) is 0 Å². The molecule has 29 heavy (non-hydrogen) atoms. The van der Waals surface area contributed by atoms with E-state index in [1.807, 2.05) is 43.3 Å². The number of nitrogens with one attached hydrogen (secondary N) is 1. The number of rotatable bonds is 7. The Bertz CT molecular complexity index is 1010. The summed E-state index contributed by atoms with van der Waals surface area (Å²) in [6, 6.07) is 18.0. The van der Waals surface area contributed by atoms with E-state index in [1.54, 1.807) is 36.0 Å². The summed E-state index contributed by atoms with van der Waals surface area (Å²) in [6.07, 6.45) is 0. The zero-order valence-corrected chi connectivity index (χ0v) is 18.6. The highest BCUT2D eigenvalue weighted by atomic mass is 35.5. The van der Waals surface area contributed by atoms with Crippen LogP contribution in [-0.4, -0.2) is 12.5 Å². The van der Waals surface area contributed by atoms with E-state index in [0.717, 1.165) is 16.2 Å². The van der Waals surface area contributed by atoms with E-state index >= 15 is 0 Å². The first kappa shape index (κ1) is 21.8. The van der Waals surface area contributed by atoms with Crippen LogP contribution in [-0.2, 0) is 5.75 Å². The minimum atomic E-state index is -0.255. The summed E-state index contributed by atoms with van der Waals surface area (Å²) >= 11 is 19.7. The Labute approximate surface area is 189 Å². The van der Waals surface area contributed by atoms with Crippen LogP contribution in [0.2, 0.25) is 15.1 Å². The van der Waals surface area contributed by atoms with Gasteiger partial charge in [-0.05, 0) is 67.6 Å². The Morgan fingerprint density at radius 2 is 1.69 bits per heavy atom. The third kappa shape index (κ3) is 6.06. The topological polar surface area (TPSA) is 38.3 Å². The normalized spacial score (nSPS) is 10.6. The van der Waals surface area contributed by atoms with Crippen LogP contribution < -0.4 is 10.1 Å². The quantitative estimate of drug-likeness (QED) is 0.364. The highest BCUT2D eigenvalue weighted by Gasteiger charge is 2.13. The number of ether oxygens (including phenoxy) is 1. The molecule has 0 saturated carbocycles. The number of amides is 1. The molecule has 0 atom stereocenters. The van der Waals surface area contributed by atoms with Gasteiger partial charge in [-0.15, -0.1) is 11.8 Å². The summed E-state index contributed by atoms with van der Waals surface area (Å²) in [5, 5.41) is 4.41. The number of thioether (sulfide) groups is 1. The number of anilines is 1. The molecule has 1 N–H and O–H groups in total. The first-order valence-electron chi connectivity index (χ1n) is 8.86. The number of hydrogen-bond acceptors (Lipinski definition) is 3. The minimum absolute atomic E-state index is 0.255. The van der Waals surface area contributed by atoms with Crippen molar-refractivity contribution in [2.75, 3.05) is 11.9 Å². The molecular weight excluding hydrogens is 449 g/mol. The maximum atomic E-state index is 12.7. The minimum Gasteiger partial charge on any atom is -0.494 e. The molecule has 150 valence electrons. The molecule has 0 spiro atoms. The summed E-state index contributed by atoms with van der Waals surface area (Å²) in [4.78, 5) is 13.8. The molecule has 3 aromatic carbocycles. The number of carbonyl (C=O) groups is 1. The van der Waals surface area contributed by atoms with Crippen LogP contribution >= 0.6 is 46.6 Å². The molecule has 0 aliphatic heterocycles. The Morgan fingerprint density at radius 3 is 2.38 bits per heavy atom. The number of carbonyl (C=O) groups excluding carboxylic acids is 1. The lowest BCUT2D eigenvalue weighted by atomic mass is 10.1. The van der Waals surface area contributed by atoms with Crippen LogP contribution in [0.25, 0.3) is 0 Å². The summed E-state index contributed by atoms with van der Waals surface area (Å²) < 4.78 is 5.73. The predicted octanol–water partition coefficient (Wildman–Crippen LogP) is 7.59. The fraction of sp³-hybridized carbons (Fsp3) is 0.136. The predicted molar refractivity (Wildman–Crippen MR) is 123 cm³/mol. The van der Waals surface area contributed by atoms with E-state index < -0.39 is 0 Å². The van der Waals surface area contributed by atoms with Gasteiger partial charge in [0.2, 0.25) is 0 Å². The third-order valence-corrected chi connectivity index (χ3v) is 5.87. The molecule has 0 aliphatic carbocycles. The number of halogens is 3. The molecule has 1 amide bonds. The third-order valence-electron chi connectivity index (χ3n) is 4.01. The van der Waals surface area contributed by atoms with Gasteiger partial charge in [-0.1, -0.05) is 34.8 Å². The molecule has 0 radical (unpaired) electrons. The van der Waals surface area contributed by atoms with Crippen LogP contribution in [0.3, 0.4) is 0 Å². The van der Waals surface area contributed by atoms with Crippen LogP contribution in [0, 0.1) is 0 Å². The van der Waals surface area contributed by atoms with E-state index in [1.165, 1.54) is 0 Å². The van der Waals surface area contributed by atoms with Crippen molar-refractivity contribution in [2.45, 2.75) is 17.6 Å². The first-order chi connectivity index (χ1) is 14.0. The standard InChI is InChI=1S/C22H18Cl3NO2S/c1-2-28-21-10-3-14(22(27)26-20-9-6-17(24)12-19(20)25)11-15(21)13-29-18-7-4-16(23)5-8-18/h3-12H,2,13H2,1H3,(H,26,27). The smallest absolute Gasteiger partial charge is 0.255 e. The van der Waals surface area contributed by atoms with E-state index in [4.69, 9.17) is 39.5 Å². The fourth-order valence-corrected chi connectivity index (χ4v) is 4.07. The average Bonchev–Trinajstić information content (AvgIpc) is 2.70. The molecule has 3 aromatic rings. The summed E-state index contributed by atoms with van der Waals surface area (Å²) in [5.74, 6) is 1.16. The Morgan fingerprint density at radius 1 is 0.966 bits per heavy atom. The van der Waals surface area contributed by atoms with Gasteiger partial charge >= 0.3 is 0 Å². The van der Waals surface area contributed by atoms with E-state index in [2.05, 4.69) is 5.32 Å². The van der Waals surface area contributed by atoms with Crippen molar-refractivity contribution in [3.63, 3.8) is 0 Å². The lowest BCUT2D eigenvalue weighted by Gasteiger charge is -2.13. The summed E-state index contributed by atoms with van der Waals surface area (Å²) in [6.45, 7) is 2.48. The van der Waals surface area contributed by atoms with E-state index in [9.17, 15) is 4.79 Å². The van der Waals surface area contributed by atoms with Crippen LogP contribution in [0.1, 0.15) is 22.8 Å². The second-order valence-corrected chi connectivity index (χ2v) is 8.41. The second kappa shape index (κ2) is 10.3. The molecule has 3 nitrogen and oxygen atoms in total. The molecule has 0 aliphatic rings. The van der Waals surface area contributed by atoms with Gasteiger partial charge in [0, 0.05) is 31.8 Å². The van der Waals surface area contributed by atoms with Gasteiger partial charge in [0.15, 0.2) is 0 Å². The van der Waals surface area contributed by atoms with Crippen LogP contribution in [0.15, 0.2) is 65.6 Å². The fourth-order valence-electron chi connectivity index (χ4n) is 2.61. The van der Waals surface area contributed by atoms with Gasteiger partial charge in [-0.25, -0.2) is 0 Å². The molecule has 0 heterocycles. The molecule has 0 bridgehead atoms. The molecule has 0 unspecified atom stereocenters. The van der Waals surface area contributed by atoms with Crippen molar-refractivity contribution in [1.29, 1.82) is 0 Å². The molecule has 0 fully saturated rings. The largest absolute Gasteiger partial charge is 0.494 e. The van der Waals surface area contributed by atoms with Gasteiger partial charge in [0.05, 0.1) is 17.3 Å². The van der Waals surface area contributed by atoms with Gasteiger partial charge in [-0.3, -0.25) is 4.79 Å². The van der Waals surface area contributed by atoms with Gasteiger partial charge in [-0.2, -0.15) is 0 Å². The van der Waals surface area contributed by atoms with Crippen molar-refractivity contribution >= 4 is 58.2 Å². The van der Waals surface area contributed by atoms with Gasteiger partial charge < -0.3 is 10.1 Å². The van der Waals surface area contributed by atoms with Crippen molar-refractivity contribution in [3.8, 4) is 5.75 Å².